The van der Waals surface area contributed by atoms with E-state index in [1.807, 2.05) is 56.7 Å². The number of carbonyl (C=O) groups excluding carboxylic acids is 1. The molecular formula is C20H19N3O. The highest BCUT2D eigenvalue weighted by atomic mass is 16.1. The molecule has 120 valence electrons. The molecule has 0 saturated heterocycles. The van der Waals surface area contributed by atoms with Crippen molar-refractivity contribution in [2.75, 3.05) is 24.3 Å². The Hall–Kier alpha value is -3.14. The van der Waals surface area contributed by atoms with Crippen LogP contribution >= 0.6 is 0 Å². The van der Waals surface area contributed by atoms with Crippen molar-refractivity contribution in [1.29, 1.82) is 0 Å². The summed E-state index contributed by atoms with van der Waals surface area (Å²) in [5.41, 5.74) is 4.85. The molecule has 4 nitrogen and oxygen atoms in total. The molecule has 0 bridgehead atoms. The number of anilines is 3. The number of aldehydes is 1. The number of hydrogen-bond acceptors (Lipinski definition) is 4. The highest BCUT2D eigenvalue weighted by Crippen LogP contribution is 2.23. The molecule has 0 aliphatic rings. The van der Waals surface area contributed by atoms with Gasteiger partial charge in [0.2, 0.25) is 0 Å². The van der Waals surface area contributed by atoms with Crippen molar-refractivity contribution < 1.29 is 4.79 Å². The van der Waals surface area contributed by atoms with Crippen LogP contribution in [-0.2, 0) is 0 Å². The lowest BCUT2D eigenvalue weighted by Gasteiger charge is -2.14. The smallest absolute Gasteiger partial charge is 0.150 e. The summed E-state index contributed by atoms with van der Waals surface area (Å²) in [6.45, 7) is 0. The van der Waals surface area contributed by atoms with E-state index in [4.69, 9.17) is 0 Å². The van der Waals surface area contributed by atoms with Crippen LogP contribution in [-0.4, -0.2) is 25.4 Å². The molecule has 0 fully saturated rings. The summed E-state index contributed by atoms with van der Waals surface area (Å²) in [4.78, 5) is 17.2. The lowest BCUT2D eigenvalue weighted by Crippen LogP contribution is -2.08. The van der Waals surface area contributed by atoms with Gasteiger partial charge in [0.25, 0.3) is 0 Å². The molecule has 1 aromatic heterocycles. The Labute approximate surface area is 141 Å². The first-order valence-electron chi connectivity index (χ1n) is 7.72. The summed E-state index contributed by atoms with van der Waals surface area (Å²) in [6.07, 6.45) is 2.67. The van der Waals surface area contributed by atoms with Crippen LogP contribution in [0.4, 0.5) is 17.2 Å². The van der Waals surface area contributed by atoms with Gasteiger partial charge in [0, 0.05) is 42.8 Å². The Morgan fingerprint density at radius 1 is 0.958 bits per heavy atom. The molecule has 0 aliphatic carbocycles. The minimum absolute atomic E-state index is 0.672. The fourth-order valence-corrected chi connectivity index (χ4v) is 2.40. The molecule has 3 aromatic rings. The number of hydrogen-bond donors (Lipinski definition) is 1. The van der Waals surface area contributed by atoms with E-state index in [2.05, 4.69) is 27.3 Å². The van der Waals surface area contributed by atoms with Gasteiger partial charge in [-0.2, -0.15) is 0 Å². The summed E-state index contributed by atoms with van der Waals surface area (Å²) in [5, 5.41) is 3.31. The molecule has 0 amide bonds. The number of nitrogens with zero attached hydrogens (tertiary/aromatic N) is 2. The first-order valence-corrected chi connectivity index (χ1v) is 7.72. The van der Waals surface area contributed by atoms with Gasteiger partial charge in [-0.1, -0.05) is 30.3 Å². The topological polar surface area (TPSA) is 45.2 Å². The molecule has 2 aromatic carbocycles. The number of nitrogens with one attached hydrogen (secondary N) is 1. The number of carbonyl (C=O) groups is 1. The third-order valence-electron chi connectivity index (χ3n) is 3.78. The van der Waals surface area contributed by atoms with Gasteiger partial charge in [0.05, 0.1) is 0 Å². The summed E-state index contributed by atoms with van der Waals surface area (Å²) in [6, 6.07) is 19.6. The minimum Gasteiger partial charge on any atom is -0.378 e. The van der Waals surface area contributed by atoms with Gasteiger partial charge in [-0.05, 0) is 35.9 Å². The number of benzene rings is 2. The summed E-state index contributed by atoms with van der Waals surface area (Å²) < 4.78 is 0. The average Bonchev–Trinajstić information content (AvgIpc) is 2.63. The monoisotopic (exact) mass is 317 g/mol. The zero-order valence-corrected chi connectivity index (χ0v) is 13.7. The van der Waals surface area contributed by atoms with Gasteiger partial charge in [0.15, 0.2) is 0 Å². The van der Waals surface area contributed by atoms with Crippen molar-refractivity contribution in [3.8, 4) is 11.1 Å². The van der Waals surface area contributed by atoms with Crippen molar-refractivity contribution in [1.82, 2.24) is 4.98 Å². The molecule has 0 aliphatic heterocycles. The molecule has 0 radical (unpaired) electrons. The van der Waals surface area contributed by atoms with Gasteiger partial charge in [-0.25, -0.2) is 4.98 Å². The van der Waals surface area contributed by atoms with Crippen molar-refractivity contribution >= 4 is 23.5 Å². The molecule has 4 heteroatoms. The van der Waals surface area contributed by atoms with E-state index in [1.165, 1.54) is 0 Å². The van der Waals surface area contributed by atoms with E-state index in [9.17, 15) is 4.79 Å². The molecule has 0 saturated carbocycles. The molecule has 0 atom stereocenters. The van der Waals surface area contributed by atoms with Crippen molar-refractivity contribution in [2.24, 2.45) is 0 Å². The molecule has 0 unspecified atom stereocenters. The third-order valence-corrected chi connectivity index (χ3v) is 3.78. The maximum atomic E-state index is 10.7. The standard InChI is InChI=1S/C20H19N3O/c1-23(2)19-5-3-4-18(12-19)22-20-11-10-17(13-21-20)16-8-6-15(14-24)7-9-16/h3-14H,1-2H3,(H,21,22). The second-order valence-electron chi connectivity index (χ2n) is 5.74. The molecule has 1 heterocycles. The van der Waals surface area contributed by atoms with E-state index < -0.39 is 0 Å². The number of pyridine rings is 1. The maximum absolute atomic E-state index is 10.7. The number of rotatable bonds is 5. The quantitative estimate of drug-likeness (QED) is 0.710. The van der Waals surface area contributed by atoms with Crippen LogP contribution in [0.2, 0.25) is 0 Å². The molecule has 3 rings (SSSR count). The summed E-state index contributed by atoms with van der Waals surface area (Å²) >= 11 is 0. The molecule has 0 spiro atoms. The Kier molecular flexibility index (Phi) is 4.57. The fourth-order valence-electron chi connectivity index (χ4n) is 2.40. The maximum Gasteiger partial charge on any atom is 0.150 e. The SMILES string of the molecule is CN(C)c1cccc(Nc2ccc(-c3ccc(C=O)cc3)cn2)c1. The largest absolute Gasteiger partial charge is 0.378 e. The highest BCUT2D eigenvalue weighted by Gasteiger charge is 2.02. The second kappa shape index (κ2) is 6.96. The van der Waals surface area contributed by atoms with Crippen LogP contribution in [0, 0.1) is 0 Å². The predicted molar refractivity (Wildman–Crippen MR) is 99.1 cm³/mol. The number of aromatic nitrogens is 1. The van der Waals surface area contributed by atoms with Crippen LogP contribution in [0.1, 0.15) is 10.4 Å². The van der Waals surface area contributed by atoms with Gasteiger partial charge >= 0.3 is 0 Å². The van der Waals surface area contributed by atoms with Gasteiger partial charge in [0.1, 0.15) is 12.1 Å². The van der Waals surface area contributed by atoms with Crippen LogP contribution in [0.25, 0.3) is 11.1 Å². The first-order chi connectivity index (χ1) is 11.7. The molecule has 1 N–H and O–H groups in total. The second-order valence-corrected chi connectivity index (χ2v) is 5.74. The van der Waals surface area contributed by atoms with E-state index in [0.29, 0.717) is 5.56 Å². The minimum atomic E-state index is 0.672. The van der Waals surface area contributed by atoms with Gasteiger partial charge in [-0.15, -0.1) is 0 Å². The van der Waals surface area contributed by atoms with E-state index in [1.54, 1.807) is 12.1 Å². The van der Waals surface area contributed by atoms with Crippen LogP contribution in [0.3, 0.4) is 0 Å². The van der Waals surface area contributed by atoms with Gasteiger partial charge in [-0.3, -0.25) is 4.79 Å². The van der Waals surface area contributed by atoms with E-state index in [0.717, 1.165) is 34.6 Å². The molecular weight excluding hydrogens is 298 g/mol. The van der Waals surface area contributed by atoms with E-state index in [-0.39, 0.29) is 0 Å². The summed E-state index contributed by atoms with van der Waals surface area (Å²) in [5.74, 6) is 0.791. The lowest BCUT2D eigenvalue weighted by atomic mass is 10.1. The molecule has 24 heavy (non-hydrogen) atoms. The zero-order chi connectivity index (χ0) is 16.9. The normalized spacial score (nSPS) is 10.2. The zero-order valence-electron chi connectivity index (χ0n) is 13.7. The van der Waals surface area contributed by atoms with Crippen molar-refractivity contribution in [2.45, 2.75) is 0 Å². The Morgan fingerprint density at radius 2 is 1.71 bits per heavy atom. The first kappa shape index (κ1) is 15.7. The van der Waals surface area contributed by atoms with Crippen LogP contribution in [0.5, 0.6) is 0 Å². The van der Waals surface area contributed by atoms with Crippen molar-refractivity contribution in [3.63, 3.8) is 0 Å². The Bertz CT molecular complexity index is 824. The summed E-state index contributed by atoms with van der Waals surface area (Å²) in [7, 11) is 4.03. The Balaban J connectivity index is 1.76. The highest BCUT2D eigenvalue weighted by molar-refractivity contribution is 5.77. The van der Waals surface area contributed by atoms with Gasteiger partial charge < -0.3 is 10.2 Å². The van der Waals surface area contributed by atoms with Crippen LogP contribution < -0.4 is 10.2 Å². The van der Waals surface area contributed by atoms with Crippen molar-refractivity contribution in [3.05, 3.63) is 72.4 Å². The van der Waals surface area contributed by atoms with E-state index >= 15 is 0 Å². The fraction of sp³-hybridized carbons (Fsp3) is 0.100. The van der Waals surface area contributed by atoms with Crippen LogP contribution in [0.15, 0.2) is 66.9 Å². The Morgan fingerprint density at radius 3 is 2.33 bits per heavy atom. The lowest BCUT2D eigenvalue weighted by molar-refractivity contribution is 0.112. The average molecular weight is 317 g/mol. The third kappa shape index (κ3) is 3.60. The predicted octanol–water partition coefficient (Wildman–Crippen LogP) is 4.37.